The molecular formula is C25H30FN4O+. The number of benzene rings is 2. The normalized spacial score (nSPS) is 18.6. The molecule has 2 heterocycles. The van der Waals surface area contributed by atoms with Gasteiger partial charge in [-0.2, -0.15) is 5.10 Å². The number of amides is 1. The van der Waals surface area contributed by atoms with Crippen LogP contribution >= 0.6 is 0 Å². The number of carbonyl (C=O) groups excluding carboxylic acids is 1. The number of nitrogens with zero attached hydrogens (tertiary/aromatic N) is 2. The van der Waals surface area contributed by atoms with E-state index in [1.165, 1.54) is 37.9 Å². The molecule has 2 aromatic carbocycles. The smallest absolute Gasteiger partial charge is 0.270 e. The van der Waals surface area contributed by atoms with Crippen molar-refractivity contribution < 1.29 is 14.1 Å². The van der Waals surface area contributed by atoms with Crippen LogP contribution in [0.4, 0.5) is 4.39 Å². The molecular weight excluding hydrogens is 391 g/mol. The Hall–Kier alpha value is -2.99. The van der Waals surface area contributed by atoms with Gasteiger partial charge in [0.2, 0.25) is 0 Å². The number of likely N-dealkylation sites (tertiary alicyclic amines) is 1. The van der Waals surface area contributed by atoms with Crippen molar-refractivity contribution >= 4 is 5.91 Å². The van der Waals surface area contributed by atoms with Crippen molar-refractivity contribution in [1.29, 1.82) is 0 Å². The predicted molar refractivity (Wildman–Crippen MR) is 120 cm³/mol. The number of quaternary nitrogens is 1. The Morgan fingerprint density at radius 1 is 1.16 bits per heavy atom. The van der Waals surface area contributed by atoms with E-state index in [0.29, 0.717) is 29.7 Å². The van der Waals surface area contributed by atoms with Crippen LogP contribution in [0.25, 0.3) is 16.9 Å². The standard InChI is InChI=1S/C25H29FN4O/c1-19-8-5-6-16-29(19)17-7-15-27-25(31)24-18-23(20-9-3-2-4-10-20)28-30(24)22-13-11-21(26)12-14-22/h2-4,9-14,18-19H,5-8,15-17H2,1H3,(H,27,31)/p+1/t19-/m1/s1. The maximum absolute atomic E-state index is 13.4. The van der Waals surface area contributed by atoms with Gasteiger partial charge in [0, 0.05) is 18.5 Å². The van der Waals surface area contributed by atoms with Gasteiger partial charge in [0.25, 0.3) is 5.91 Å². The molecule has 0 saturated carbocycles. The van der Waals surface area contributed by atoms with E-state index >= 15 is 0 Å². The van der Waals surface area contributed by atoms with Gasteiger partial charge < -0.3 is 10.2 Å². The Morgan fingerprint density at radius 2 is 1.94 bits per heavy atom. The SMILES string of the molecule is C[C@@H]1CCCC[NH+]1CCCNC(=O)c1cc(-c2ccccc2)nn1-c1ccc(F)cc1. The zero-order chi connectivity index (χ0) is 21.6. The Bertz CT molecular complexity index is 1000. The molecule has 0 aliphatic carbocycles. The maximum Gasteiger partial charge on any atom is 0.270 e. The van der Waals surface area contributed by atoms with Gasteiger partial charge in [0.15, 0.2) is 0 Å². The van der Waals surface area contributed by atoms with Crippen molar-refractivity contribution in [2.75, 3.05) is 19.6 Å². The molecule has 2 atom stereocenters. The van der Waals surface area contributed by atoms with Gasteiger partial charge in [-0.05, 0) is 56.5 Å². The first-order valence-electron chi connectivity index (χ1n) is 11.2. The van der Waals surface area contributed by atoms with Crippen LogP contribution in [-0.2, 0) is 0 Å². The van der Waals surface area contributed by atoms with Crippen LogP contribution in [0.3, 0.4) is 0 Å². The van der Waals surface area contributed by atoms with E-state index in [9.17, 15) is 9.18 Å². The van der Waals surface area contributed by atoms with Crippen LogP contribution < -0.4 is 10.2 Å². The van der Waals surface area contributed by atoms with Crippen molar-refractivity contribution in [2.45, 2.75) is 38.6 Å². The number of carbonyl (C=O) groups is 1. The summed E-state index contributed by atoms with van der Waals surface area (Å²) >= 11 is 0. The molecule has 1 aliphatic heterocycles. The average molecular weight is 422 g/mol. The molecule has 0 radical (unpaired) electrons. The summed E-state index contributed by atoms with van der Waals surface area (Å²) in [7, 11) is 0. The maximum atomic E-state index is 13.4. The number of halogens is 1. The summed E-state index contributed by atoms with van der Waals surface area (Å²) in [6.45, 7) is 5.25. The lowest BCUT2D eigenvalue weighted by atomic mass is 10.0. The second-order valence-corrected chi connectivity index (χ2v) is 8.33. The number of piperidine rings is 1. The molecule has 1 unspecified atom stereocenters. The Morgan fingerprint density at radius 3 is 2.68 bits per heavy atom. The van der Waals surface area contributed by atoms with E-state index in [-0.39, 0.29) is 11.7 Å². The molecule has 1 amide bonds. The van der Waals surface area contributed by atoms with Gasteiger partial charge in [0.05, 0.1) is 30.5 Å². The summed E-state index contributed by atoms with van der Waals surface area (Å²) in [6.07, 6.45) is 4.87. The zero-order valence-corrected chi connectivity index (χ0v) is 18.0. The number of rotatable bonds is 7. The lowest BCUT2D eigenvalue weighted by Gasteiger charge is -2.30. The zero-order valence-electron chi connectivity index (χ0n) is 18.0. The first-order chi connectivity index (χ1) is 15.1. The molecule has 1 aromatic heterocycles. The highest BCUT2D eigenvalue weighted by Gasteiger charge is 2.21. The quantitative estimate of drug-likeness (QED) is 0.576. The fraction of sp³-hybridized carbons (Fsp3) is 0.360. The molecule has 1 saturated heterocycles. The Labute approximate surface area is 182 Å². The van der Waals surface area contributed by atoms with Crippen molar-refractivity contribution in [3.05, 3.63) is 72.2 Å². The van der Waals surface area contributed by atoms with Gasteiger partial charge in [0.1, 0.15) is 11.5 Å². The van der Waals surface area contributed by atoms with Gasteiger partial charge >= 0.3 is 0 Å². The van der Waals surface area contributed by atoms with E-state index in [1.54, 1.807) is 27.8 Å². The fourth-order valence-electron chi connectivity index (χ4n) is 4.30. The third-order valence-corrected chi connectivity index (χ3v) is 6.12. The monoisotopic (exact) mass is 421 g/mol. The van der Waals surface area contributed by atoms with Crippen LogP contribution in [0.2, 0.25) is 0 Å². The Balaban J connectivity index is 1.48. The van der Waals surface area contributed by atoms with Gasteiger partial charge in [-0.1, -0.05) is 30.3 Å². The summed E-state index contributed by atoms with van der Waals surface area (Å²) in [5.74, 6) is -0.486. The van der Waals surface area contributed by atoms with E-state index in [1.807, 2.05) is 30.3 Å². The minimum Gasteiger partial charge on any atom is -0.350 e. The summed E-state index contributed by atoms with van der Waals surface area (Å²) in [6, 6.07) is 18.3. The third-order valence-electron chi connectivity index (χ3n) is 6.12. The minimum atomic E-state index is -0.320. The molecule has 0 bridgehead atoms. The molecule has 6 heteroatoms. The van der Waals surface area contributed by atoms with Gasteiger partial charge in [-0.3, -0.25) is 4.79 Å². The van der Waals surface area contributed by atoms with Crippen molar-refractivity contribution in [1.82, 2.24) is 15.1 Å². The number of hydrogen-bond donors (Lipinski definition) is 2. The van der Waals surface area contributed by atoms with Gasteiger partial charge in [-0.15, -0.1) is 0 Å². The van der Waals surface area contributed by atoms with Crippen LogP contribution in [0.15, 0.2) is 60.7 Å². The largest absolute Gasteiger partial charge is 0.350 e. The molecule has 5 nitrogen and oxygen atoms in total. The van der Waals surface area contributed by atoms with E-state index in [0.717, 1.165) is 18.5 Å². The first-order valence-corrected chi connectivity index (χ1v) is 11.2. The molecule has 0 spiro atoms. The topological polar surface area (TPSA) is 51.4 Å². The second-order valence-electron chi connectivity index (χ2n) is 8.33. The average Bonchev–Trinajstić information content (AvgIpc) is 3.24. The molecule has 3 aromatic rings. The second kappa shape index (κ2) is 9.88. The summed E-state index contributed by atoms with van der Waals surface area (Å²) in [4.78, 5) is 14.7. The van der Waals surface area contributed by atoms with Crippen molar-refractivity contribution in [3.63, 3.8) is 0 Å². The molecule has 4 rings (SSSR count). The van der Waals surface area contributed by atoms with Crippen LogP contribution in [0.5, 0.6) is 0 Å². The van der Waals surface area contributed by atoms with Gasteiger partial charge in [-0.25, -0.2) is 9.07 Å². The number of hydrogen-bond acceptors (Lipinski definition) is 2. The molecule has 1 fully saturated rings. The number of nitrogens with one attached hydrogen (secondary N) is 2. The molecule has 1 aliphatic rings. The van der Waals surface area contributed by atoms with Crippen LogP contribution in [-0.4, -0.2) is 41.4 Å². The van der Waals surface area contributed by atoms with Crippen LogP contribution in [0.1, 0.15) is 43.1 Å². The molecule has 31 heavy (non-hydrogen) atoms. The highest BCUT2D eigenvalue weighted by Crippen LogP contribution is 2.22. The van der Waals surface area contributed by atoms with Crippen molar-refractivity contribution in [3.8, 4) is 16.9 Å². The summed E-state index contributed by atoms with van der Waals surface area (Å²) < 4.78 is 15.0. The number of aromatic nitrogens is 2. The Kier molecular flexibility index (Phi) is 6.77. The molecule has 162 valence electrons. The predicted octanol–water partition coefficient (Wildman–Crippen LogP) is 3.26. The summed E-state index contributed by atoms with van der Waals surface area (Å²) in [5.41, 5.74) is 2.74. The van der Waals surface area contributed by atoms with Crippen molar-refractivity contribution in [2.24, 2.45) is 0 Å². The summed E-state index contributed by atoms with van der Waals surface area (Å²) in [5, 5.41) is 7.69. The van der Waals surface area contributed by atoms with E-state index < -0.39 is 0 Å². The third kappa shape index (κ3) is 5.20. The lowest BCUT2D eigenvalue weighted by molar-refractivity contribution is -0.928. The fourth-order valence-corrected chi connectivity index (χ4v) is 4.30. The lowest BCUT2D eigenvalue weighted by Crippen LogP contribution is -3.16. The first kappa shape index (κ1) is 21.2. The highest BCUT2D eigenvalue weighted by molar-refractivity contribution is 5.94. The molecule has 2 N–H and O–H groups in total. The van der Waals surface area contributed by atoms with E-state index in [2.05, 4.69) is 17.3 Å². The highest BCUT2D eigenvalue weighted by atomic mass is 19.1. The minimum absolute atomic E-state index is 0.166. The van der Waals surface area contributed by atoms with E-state index in [4.69, 9.17) is 0 Å². The van der Waals surface area contributed by atoms with Crippen LogP contribution in [0, 0.1) is 5.82 Å².